The van der Waals surface area contributed by atoms with Gasteiger partial charge >= 0.3 is 0 Å². The van der Waals surface area contributed by atoms with Crippen molar-refractivity contribution in [1.82, 2.24) is 5.32 Å². The molecule has 5 heteroatoms. The second-order valence-corrected chi connectivity index (χ2v) is 4.91. The van der Waals surface area contributed by atoms with Gasteiger partial charge in [0.05, 0.1) is 12.8 Å². The van der Waals surface area contributed by atoms with E-state index in [0.717, 1.165) is 12.1 Å². The van der Waals surface area contributed by atoms with Crippen molar-refractivity contribution in [3.8, 4) is 5.75 Å². The molecule has 0 saturated heterocycles. The molecule has 1 amide bonds. The van der Waals surface area contributed by atoms with Gasteiger partial charge in [0.2, 0.25) is 5.91 Å². The standard InChI is InChI=1S/C14H21ClN2O2/c1-5-16-8-10(3)14(18)17-12-6-9(2)11(15)7-13(12)19-4/h6-7,10,16H,5,8H2,1-4H3,(H,17,18). The highest BCUT2D eigenvalue weighted by Crippen LogP contribution is 2.31. The fourth-order valence-electron chi connectivity index (χ4n) is 1.64. The Morgan fingerprint density at radius 3 is 2.74 bits per heavy atom. The predicted molar refractivity (Wildman–Crippen MR) is 79.1 cm³/mol. The fourth-order valence-corrected chi connectivity index (χ4v) is 1.79. The average molecular weight is 285 g/mol. The van der Waals surface area contributed by atoms with Crippen LogP contribution in [0.3, 0.4) is 0 Å². The number of amides is 1. The van der Waals surface area contributed by atoms with Gasteiger partial charge in [0.1, 0.15) is 5.75 Å². The Balaban J connectivity index is 2.81. The number of halogens is 1. The lowest BCUT2D eigenvalue weighted by atomic mass is 10.1. The van der Waals surface area contributed by atoms with Gasteiger partial charge in [-0.2, -0.15) is 0 Å². The topological polar surface area (TPSA) is 50.4 Å². The van der Waals surface area contributed by atoms with Gasteiger partial charge in [-0.15, -0.1) is 0 Å². The fraction of sp³-hybridized carbons (Fsp3) is 0.500. The van der Waals surface area contributed by atoms with Gasteiger partial charge in [-0.05, 0) is 25.1 Å². The van der Waals surface area contributed by atoms with Crippen molar-refractivity contribution in [1.29, 1.82) is 0 Å². The molecule has 1 atom stereocenters. The van der Waals surface area contributed by atoms with Gasteiger partial charge in [0.15, 0.2) is 0 Å². The summed E-state index contributed by atoms with van der Waals surface area (Å²) < 4.78 is 5.23. The minimum absolute atomic E-state index is 0.0408. The molecule has 1 aromatic rings. The maximum absolute atomic E-state index is 12.0. The van der Waals surface area contributed by atoms with E-state index in [4.69, 9.17) is 16.3 Å². The zero-order valence-electron chi connectivity index (χ0n) is 11.8. The number of carbonyl (C=O) groups is 1. The van der Waals surface area contributed by atoms with Crippen molar-refractivity contribution in [3.05, 3.63) is 22.7 Å². The minimum atomic E-state index is -0.111. The van der Waals surface area contributed by atoms with E-state index in [1.807, 2.05) is 26.8 Å². The van der Waals surface area contributed by atoms with E-state index < -0.39 is 0 Å². The number of aryl methyl sites for hydroxylation is 1. The molecule has 4 nitrogen and oxygen atoms in total. The first-order valence-electron chi connectivity index (χ1n) is 6.35. The largest absolute Gasteiger partial charge is 0.495 e. The van der Waals surface area contributed by atoms with Crippen LogP contribution in [0.2, 0.25) is 5.02 Å². The van der Waals surface area contributed by atoms with Crippen LogP contribution >= 0.6 is 11.6 Å². The monoisotopic (exact) mass is 284 g/mol. The number of hydrogen-bond donors (Lipinski definition) is 2. The van der Waals surface area contributed by atoms with E-state index >= 15 is 0 Å². The highest BCUT2D eigenvalue weighted by atomic mass is 35.5. The van der Waals surface area contributed by atoms with Crippen LogP contribution in [0.5, 0.6) is 5.75 Å². The van der Waals surface area contributed by atoms with Gasteiger partial charge in [0.25, 0.3) is 0 Å². The minimum Gasteiger partial charge on any atom is -0.495 e. The van der Waals surface area contributed by atoms with Gasteiger partial charge in [-0.25, -0.2) is 0 Å². The van der Waals surface area contributed by atoms with Gasteiger partial charge in [-0.1, -0.05) is 25.4 Å². The van der Waals surface area contributed by atoms with E-state index in [1.54, 1.807) is 13.2 Å². The van der Waals surface area contributed by atoms with Crippen LogP contribution in [0.15, 0.2) is 12.1 Å². The SMILES string of the molecule is CCNCC(C)C(=O)Nc1cc(C)c(Cl)cc1OC. The van der Waals surface area contributed by atoms with Crippen molar-refractivity contribution in [2.24, 2.45) is 5.92 Å². The van der Waals surface area contributed by atoms with Crippen molar-refractivity contribution in [2.75, 3.05) is 25.5 Å². The summed E-state index contributed by atoms with van der Waals surface area (Å²) in [4.78, 5) is 12.0. The summed E-state index contributed by atoms with van der Waals surface area (Å²) in [6.07, 6.45) is 0. The van der Waals surface area contributed by atoms with Gasteiger partial charge < -0.3 is 15.4 Å². The molecule has 0 bridgehead atoms. The molecule has 19 heavy (non-hydrogen) atoms. The van der Waals surface area contributed by atoms with Gasteiger partial charge in [-0.3, -0.25) is 4.79 Å². The summed E-state index contributed by atoms with van der Waals surface area (Å²) in [5.74, 6) is 0.418. The Hall–Kier alpha value is -1.26. The van der Waals surface area contributed by atoms with Crippen molar-refractivity contribution >= 4 is 23.2 Å². The molecule has 1 unspecified atom stereocenters. The first kappa shape index (κ1) is 15.8. The Bertz CT molecular complexity index is 449. The van der Waals surface area contributed by atoms with E-state index in [2.05, 4.69) is 10.6 Å². The normalized spacial score (nSPS) is 12.1. The number of anilines is 1. The second-order valence-electron chi connectivity index (χ2n) is 4.50. The van der Waals surface area contributed by atoms with Crippen LogP contribution in [0, 0.1) is 12.8 Å². The Morgan fingerprint density at radius 1 is 1.47 bits per heavy atom. The molecule has 0 aliphatic rings. The summed E-state index contributed by atoms with van der Waals surface area (Å²) >= 11 is 6.03. The summed E-state index contributed by atoms with van der Waals surface area (Å²) in [5.41, 5.74) is 1.55. The smallest absolute Gasteiger partial charge is 0.228 e. The van der Waals surface area contributed by atoms with E-state index in [0.29, 0.717) is 23.0 Å². The molecule has 1 aromatic carbocycles. The third-order valence-electron chi connectivity index (χ3n) is 2.89. The number of hydrogen-bond acceptors (Lipinski definition) is 3. The number of rotatable bonds is 6. The Morgan fingerprint density at radius 2 is 2.16 bits per heavy atom. The number of methoxy groups -OCH3 is 1. The van der Waals surface area contributed by atoms with Crippen molar-refractivity contribution in [3.63, 3.8) is 0 Å². The zero-order chi connectivity index (χ0) is 14.4. The molecule has 0 aliphatic carbocycles. The van der Waals surface area contributed by atoms with E-state index in [9.17, 15) is 4.79 Å². The molecular formula is C14H21ClN2O2. The Kier molecular flexibility index (Phi) is 6.12. The highest BCUT2D eigenvalue weighted by molar-refractivity contribution is 6.31. The van der Waals surface area contributed by atoms with Crippen molar-refractivity contribution in [2.45, 2.75) is 20.8 Å². The molecule has 1 rings (SSSR count). The average Bonchev–Trinajstić information content (AvgIpc) is 2.39. The number of benzene rings is 1. The summed E-state index contributed by atoms with van der Waals surface area (Å²) in [6.45, 7) is 7.28. The lowest BCUT2D eigenvalue weighted by molar-refractivity contribution is -0.119. The zero-order valence-corrected chi connectivity index (χ0v) is 12.6. The highest BCUT2D eigenvalue weighted by Gasteiger charge is 2.15. The Labute approximate surface area is 119 Å². The van der Waals surface area contributed by atoms with Crippen LogP contribution in [0.25, 0.3) is 0 Å². The summed E-state index contributed by atoms with van der Waals surface area (Å²) in [5, 5.41) is 6.65. The maximum atomic E-state index is 12.0. The van der Waals surface area contributed by atoms with E-state index in [1.165, 1.54) is 0 Å². The maximum Gasteiger partial charge on any atom is 0.228 e. The van der Waals surface area contributed by atoms with Crippen molar-refractivity contribution < 1.29 is 9.53 Å². The first-order chi connectivity index (χ1) is 8.99. The number of nitrogens with one attached hydrogen (secondary N) is 2. The molecule has 0 aliphatic heterocycles. The lowest BCUT2D eigenvalue weighted by Crippen LogP contribution is -2.30. The number of carbonyl (C=O) groups excluding carboxylic acids is 1. The van der Waals surface area contributed by atoms with Gasteiger partial charge in [0, 0.05) is 23.6 Å². The molecule has 0 fully saturated rings. The van der Waals surface area contributed by atoms with Crippen LogP contribution in [-0.4, -0.2) is 26.1 Å². The second kappa shape index (κ2) is 7.36. The molecule has 0 radical (unpaired) electrons. The molecular weight excluding hydrogens is 264 g/mol. The third kappa shape index (κ3) is 4.40. The van der Waals surface area contributed by atoms with Crippen LogP contribution in [-0.2, 0) is 4.79 Å². The van der Waals surface area contributed by atoms with Crippen LogP contribution in [0.1, 0.15) is 19.4 Å². The predicted octanol–water partition coefficient (Wildman–Crippen LogP) is 2.84. The summed E-state index contributed by atoms with van der Waals surface area (Å²) in [7, 11) is 1.55. The quantitative estimate of drug-likeness (QED) is 0.844. The van der Waals surface area contributed by atoms with Crippen LogP contribution in [0.4, 0.5) is 5.69 Å². The number of ether oxygens (including phenoxy) is 1. The third-order valence-corrected chi connectivity index (χ3v) is 3.29. The molecule has 0 spiro atoms. The van der Waals surface area contributed by atoms with E-state index in [-0.39, 0.29) is 11.8 Å². The first-order valence-corrected chi connectivity index (χ1v) is 6.73. The van der Waals surface area contributed by atoms with Crippen LogP contribution < -0.4 is 15.4 Å². The lowest BCUT2D eigenvalue weighted by Gasteiger charge is -2.15. The molecule has 0 aromatic heterocycles. The molecule has 106 valence electrons. The summed E-state index contributed by atoms with van der Waals surface area (Å²) in [6, 6.07) is 3.53. The molecule has 0 heterocycles. The molecule has 0 saturated carbocycles. The molecule has 2 N–H and O–H groups in total.